The first kappa shape index (κ1) is 17.2. The molecule has 0 unspecified atom stereocenters. The number of pyridine rings is 2. The van der Waals surface area contributed by atoms with Crippen molar-refractivity contribution in [2.75, 3.05) is 11.9 Å². The number of fused-ring (bicyclic) bond motifs is 1. The molecule has 0 fully saturated rings. The summed E-state index contributed by atoms with van der Waals surface area (Å²) in [5.41, 5.74) is 4.76. The Morgan fingerprint density at radius 1 is 0.963 bits per heavy atom. The van der Waals surface area contributed by atoms with Gasteiger partial charge >= 0.3 is 0 Å². The van der Waals surface area contributed by atoms with Gasteiger partial charge in [0.15, 0.2) is 0 Å². The van der Waals surface area contributed by atoms with E-state index in [1.54, 1.807) is 24.5 Å². The molecular weight excluding hydrogens is 339 g/mol. The van der Waals surface area contributed by atoms with Gasteiger partial charge in [0.05, 0.1) is 5.52 Å². The largest absolute Gasteiger partial charge is 0.370 e. The van der Waals surface area contributed by atoms with Gasteiger partial charge in [-0.05, 0) is 60.5 Å². The second kappa shape index (κ2) is 7.58. The predicted octanol–water partition coefficient (Wildman–Crippen LogP) is 5.41. The highest BCUT2D eigenvalue weighted by Crippen LogP contribution is 2.36. The molecule has 0 saturated heterocycles. The maximum Gasteiger partial charge on any atom is 0.128 e. The molecule has 4 nitrogen and oxygen atoms in total. The number of benzene rings is 1. The normalized spacial score (nSPS) is 11.0. The zero-order valence-electron chi connectivity index (χ0n) is 15.2. The van der Waals surface area contributed by atoms with Crippen molar-refractivity contribution in [2.45, 2.75) is 19.8 Å². The van der Waals surface area contributed by atoms with Crippen LogP contribution < -0.4 is 5.32 Å². The van der Waals surface area contributed by atoms with E-state index in [0.29, 0.717) is 0 Å². The van der Waals surface area contributed by atoms with E-state index < -0.39 is 0 Å². The van der Waals surface area contributed by atoms with Gasteiger partial charge in [0.1, 0.15) is 17.3 Å². The van der Waals surface area contributed by atoms with Crippen LogP contribution in [0.25, 0.3) is 27.9 Å². The molecule has 0 aliphatic rings. The minimum absolute atomic E-state index is 0.255. The van der Waals surface area contributed by atoms with E-state index >= 15 is 0 Å². The van der Waals surface area contributed by atoms with Gasteiger partial charge in [-0.25, -0.2) is 8.91 Å². The number of hydrogen-bond acceptors (Lipinski definition) is 3. The molecule has 27 heavy (non-hydrogen) atoms. The molecule has 0 radical (unpaired) electrons. The predicted molar refractivity (Wildman–Crippen MR) is 107 cm³/mol. The van der Waals surface area contributed by atoms with Gasteiger partial charge < -0.3 is 5.32 Å². The standard InChI is InChI=1S/C22H21FN4/c1-2-3-13-25-20-6-4-5-19-21(16-11-14-24-15-12-16)22(26-27(19)20)17-7-9-18(23)10-8-17/h4-12,14-15,25H,2-3,13H2,1H3. The average molecular weight is 360 g/mol. The summed E-state index contributed by atoms with van der Waals surface area (Å²) in [6.45, 7) is 3.07. The number of nitrogens with zero attached hydrogens (tertiary/aromatic N) is 3. The van der Waals surface area contributed by atoms with Crippen molar-refractivity contribution in [3.05, 3.63) is 72.8 Å². The van der Waals surface area contributed by atoms with Crippen LogP contribution >= 0.6 is 0 Å². The summed E-state index contributed by atoms with van der Waals surface area (Å²) in [5.74, 6) is 0.694. The molecule has 5 heteroatoms. The third-order valence-corrected chi connectivity index (χ3v) is 4.58. The Kier molecular flexibility index (Phi) is 4.83. The molecule has 3 aromatic heterocycles. The summed E-state index contributed by atoms with van der Waals surface area (Å²) in [6, 6.07) is 16.5. The van der Waals surface area contributed by atoms with E-state index in [0.717, 1.165) is 53.1 Å². The molecule has 0 aliphatic heterocycles. The van der Waals surface area contributed by atoms with E-state index in [1.807, 2.05) is 28.8 Å². The fraction of sp³-hybridized carbons (Fsp3) is 0.182. The van der Waals surface area contributed by atoms with Crippen molar-refractivity contribution in [2.24, 2.45) is 0 Å². The van der Waals surface area contributed by atoms with E-state index in [-0.39, 0.29) is 5.82 Å². The Balaban J connectivity index is 1.92. The first-order valence-electron chi connectivity index (χ1n) is 9.20. The Morgan fingerprint density at radius 2 is 1.74 bits per heavy atom. The van der Waals surface area contributed by atoms with Crippen molar-refractivity contribution in [3.63, 3.8) is 0 Å². The van der Waals surface area contributed by atoms with Crippen LogP contribution in [0, 0.1) is 5.82 Å². The molecule has 0 bridgehead atoms. The Labute approximate surface area is 157 Å². The van der Waals surface area contributed by atoms with Gasteiger partial charge in [0, 0.05) is 30.1 Å². The fourth-order valence-electron chi connectivity index (χ4n) is 3.21. The minimum Gasteiger partial charge on any atom is -0.370 e. The maximum absolute atomic E-state index is 13.4. The molecule has 136 valence electrons. The summed E-state index contributed by atoms with van der Waals surface area (Å²) >= 11 is 0. The third-order valence-electron chi connectivity index (χ3n) is 4.58. The van der Waals surface area contributed by atoms with Crippen LogP contribution in [0.15, 0.2) is 67.0 Å². The van der Waals surface area contributed by atoms with Gasteiger partial charge in [-0.1, -0.05) is 19.4 Å². The van der Waals surface area contributed by atoms with Crippen LogP contribution in [0.1, 0.15) is 19.8 Å². The van der Waals surface area contributed by atoms with Gasteiger partial charge in [-0.3, -0.25) is 4.98 Å². The van der Waals surface area contributed by atoms with Crippen LogP contribution in [-0.2, 0) is 0 Å². The second-order valence-electron chi connectivity index (χ2n) is 6.45. The van der Waals surface area contributed by atoms with Crippen molar-refractivity contribution in [1.82, 2.24) is 14.6 Å². The van der Waals surface area contributed by atoms with Gasteiger partial charge in [0.2, 0.25) is 0 Å². The highest BCUT2D eigenvalue weighted by atomic mass is 19.1. The molecule has 1 N–H and O–H groups in total. The van der Waals surface area contributed by atoms with Crippen LogP contribution in [0.3, 0.4) is 0 Å². The summed E-state index contributed by atoms with van der Waals surface area (Å²) in [6.07, 6.45) is 5.78. The number of hydrogen-bond donors (Lipinski definition) is 1. The Morgan fingerprint density at radius 3 is 2.48 bits per heavy atom. The molecule has 4 aromatic rings. The molecule has 0 amide bonds. The number of rotatable bonds is 6. The number of nitrogens with one attached hydrogen (secondary N) is 1. The molecular formula is C22H21FN4. The number of halogens is 1. The average Bonchev–Trinajstić information content (AvgIpc) is 3.10. The van der Waals surface area contributed by atoms with Crippen LogP contribution in [0.4, 0.5) is 10.2 Å². The second-order valence-corrected chi connectivity index (χ2v) is 6.45. The summed E-state index contributed by atoms with van der Waals surface area (Å²) in [4.78, 5) is 4.13. The third kappa shape index (κ3) is 3.40. The molecule has 0 atom stereocenters. The molecule has 1 aromatic carbocycles. The van der Waals surface area contributed by atoms with Crippen molar-refractivity contribution in [3.8, 4) is 22.4 Å². The first-order chi connectivity index (χ1) is 13.3. The maximum atomic E-state index is 13.4. The smallest absolute Gasteiger partial charge is 0.128 e. The first-order valence-corrected chi connectivity index (χ1v) is 9.20. The quantitative estimate of drug-likeness (QED) is 0.467. The molecule has 0 aliphatic carbocycles. The number of anilines is 1. The molecule has 3 heterocycles. The fourth-order valence-corrected chi connectivity index (χ4v) is 3.21. The highest BCUT2D eigenvalue weighted by molar-refractivity contribution is 5.92. The lowest BCUT2D eigenvalue weighted by molar-refractivity contribution is 0.628. The lowest BCUT2D eigenvalue weighted by Crippen LogP contribution is -2.06. The van der Waals surface area contributed by atoms with Gasteiger partial charge in [-0.15, -0.1) is 0 Å². The van der Waals surface area contributed by atoms with E-state index in [1.165, 1.54) is 12.1 Å². The van der Waals surface area contributed by atoms with Gasteiger partial charge in [-0.2, -0.15) is 5.10 Å². The van der Waals surface area contributed by atoms with E-state index in [9.17, 15) is 4.39 Å². The van der Waals surface area contributed by atoms with Crippen LogP contribution in [0.2, 0.25) is 0 Å². The van der Waals surface area contributed by atoms with Crippen LogP contribution in [-0.4, -0.2) is 21.1 Å². The highest BCUT2D eigenvalue weighted by Gasteiger charge is 2.17. The topological polar surface area (TPSA) is 42.2 Å². The van der Waals surface area contributed by atoms with E-state index in [4.69, 9.17) is 5.10 Å². The van der Waals surface area contributed by atoms with Crippen molar-refractivity contribution < 1.29 is 4.39 Å². The molecule has 0 saturated carbocycles. The SMILES string of the molecule is CCCCNc1cccc2c(-c3ccncc3)c(-c3ccc(F)cc3)nn12. The summed E-state index contributed by atoms with van der Waals surface area (Å²) in [7, 11) is 0. The summed E-state index contributed by atoms with van der Waals surface area (Å²) < 4.78 is 15.4. The molecule has 0 spiro atoms. The van der Waals surface area contributed by atoms with Gasteiger partial charge in [0.25, 0.3) is 0 Å². The Bertz CT molecular complexity index is 1040. The van der Waals surface area contributed by atoms with Crippen molar-refractivity contribution in [1.29, 1.82) is 0 Å². The monoisotopic (exact) mass is 360 g/mol. The Hall–Kier alpha value is -3.21. The lowest BCUT2D eigenvalue weighted by atomic mass is 10.0. The molecule has 4 rings (SSSR count). The van der Waals surface area contributed by atoms with E-state index in [2.05, 4.69) is 23.3 Å². The van der Waals surface area contributed by atoms with Crippen molar-refractivity contribution >= 4 is 11.3 Å². The lowest BCUT2D eigenvalue weighted by Gasteiger charge is -2.08. The minimum atomic E-state index is -0.255. The number of aromatic nitrogens is 3. The zero-order valence-corrected chi connectivity index (χ0v) is 15.2. The van der Waals surface area contributed by atoms with Crippen LogP contribution in [0.5, 0.6) is 0 Å². The number of unbranched alkanes of at least 4 members (excludes halogenated alkanes) is 1. The zero-order chi connectivity index (χ0) is 18.6. The summed E-state index contributed by atoms with van der Waals surface area (Å²) in [5, 5.41) is 8.35.